The maximum atomic E-state index is 12.9. The molecule has 1 aromatic heterocycles. The van der Waals surface area contributed by atoms with Gasteiger partial charge in [0.2, 0.25) is 0 Å². The van der Waals surface area contributed by atoms with Gasteiger partial charge in [0, 0.05) is 30.1 Å². The maximum Gasteiger partial charge on any atom is 0.275 e. The van der Waals surface area contributed by atoms with E-state index in [9.17, 15) is 14.9 Å². The number of nitro benzene ring substituents is 1. The minimum Gasteiger partial charge on any atom is -0.496 e. The van der Waals surface area contributed by atoms with E-state index in [0.29, 0.717) is 16.7 Å². The first-order valence-electron chi connectivity index (χ1n) is 7.96. The predicted molar refractivity (Wildman–Crippen MR) is 96.3 cm³/mol. The number of non-ortho nitro benzene ring substituents is 1. The lowest BCUT2D eigenvalue weighted by molar-refractivity contribution is -0.384. The Morgan fingerprint density at radius 2 is 2.04 bits per heavy atom. The van der Waals surface area contributed by atoms with Crippen LogP contribution in [0, 0.1) is 10.1 Å². The Hall–Kier alpha value is -3.42. The molecule has 0 aliphatic carbocycles. The number of hydrogen-bond acceptors (Lipinski definition) is 5. The second-order valence-electron chi connectivity index (χ2n) is 5.89. The Balaban J connectivity index is 1.97. The summed E-state index contributed by atoms with van der Waals surface area (Å²) in [7, 11) is 3.24. The van der Waals surface area contributed by atoms with Gasteiger partial charge in [-0.05, 0) is 19.1 Å². The zero-order chi connectivity index (χ0) is 18.8. The van der Waals surface area contributed by atoms with Crippen LogP contribution in [0.2, 0.25) is 0 Å². The largest absolute Gasteiger partial charge is 0.496 e. The fourth-order valence-electron chi connectivity index (χ4n) is 2.84. The number of para-hydroxylation sites is 1. The molecule has 0 saturated heterocycles. The van der Waals surface area contributed by atoms with Crippen molar-refractivity contribution in [1.29, 1.82) is 0 Å². The second-order valence-corrected chi connectivity index (χ2v) is 5.89. The van der Waals surface area contributed by atoms with Gasteiger partial charge in [-0.2, -0.15) is 5.10 Å². The predicted octanol–water partition coefficient (Wildman–Crippen LogP) is 3.31. The molecule has 0 saturated carbocycles. The van der Waals surface area contributed by atoms with E-state index in [0.717, 1.165) is 5.56 Å². The second kappa shape index (κ2) is 6.83. The van der Waals surface area contributed by atoms with Crippen molar-refractivity contribution in [3.63, 3.8) is 0 Å². The lowest BCUT2D eigenvalue weighted by atomic mass is 10.1. The van der Waals surface area contributed by atoms with Crippen LogP contribution in [-0.4, -0.2) is 40.1 Å². The van der Waals surface area contributed by atoms with Gasteiger partial charge >= 0.3 is 0 Å². The Morgan fingerprint density at radius 1 is 1.31 bits per heavy atom. The maximum absolute atomic E-state index is 12.9. The molecule has 3 rings (SSSR count). The van der Waals surface area contributed by atoms with Crippen molar-refractivity contribution in [2.75, 3.05) is 14.2 Å². The molecule has 0 spiro atoms. The molecule has 8 heteroatoms. The number of amides is 1. The van der Waals surface area contributed by atoms with Crippen molar-refractivity contribution in [2.24, 2.45) is 0 Å². The summed E-state index contributed by atoms with van der Waals surface area (Å²) >= 11 is 0. The van der Waals surface area contributed by atoms with E-state index in [1.54, 1.807) is 20.2 Å². The lowest BCUT2D eigenvalue weighted by Gasteiger charge is -2.26. The molecule has 26 heavy (non-hydrogen) atoms. The molecule has 3 aromatic rings. The van der Waals surface area contributed by atoms with Gasteiger partial charge in [0.15, 0.2) is 5.69 Å². The first kappa shape index (κ1) is 17.4. The van der Waals surface area contributed by atoms with Gasteiger partial charge in [0.05, 0.1) is 23.6 Å². The summed E-state index contributed by atoms with van der Waals surface area (Å²) in [5.41, 5.74) is 1.48. The highest BCUT2D eigenvalue weighted by Crippen LogP contribution is 2.30. The number of aromatic amines is 1. The molecule has 8 nitrogen and oxygen atoms in total. The van der Waals surface area contributed by atoms with Crippen molar-refractivity contribution < 1.29 is 14.5 Å². The molecular weight excluding hydrogens is 336 g/mol. The Kier molecular flexibility index (Phi) is 4.57. The zero-order valence-corrected chi connectivity index (χ0v) is 14.6. The van der Waals surface area contributed by atoms with Gasteiger partial charge in [0.1, 0.15) is 5.75 Å². The van der Waals surface area contributed by atoms with Crippen LogP contribution in [0.25, 0.3) is 10.9 Å². The van der Waals surface area contributed by atoms with Crippen molar-refractivity contribution in [1.82, 2.24) is 15.1 Å². The van der Waals surface area contributed by atoms with E-state index in [2.05, 4.69) is 10.2 Å². The van der Waals surface area contributed by atoms with Gasteiger partial charge < -0.3 is 9.64 Å². The monoisotopic (exact) mass is 354 g/mol. The molecule has 1 atom stereocenters. The number of carbonyl (C=O) groups excluding carboxylic acids is 1. The van der Waals surface area contributed by atoms with Crippen LogP contribution < -0.4 is 4.74 Å². The topological polar surface area (TPSA) is 101 Å². The SMILES string of the molecule is COc1ccccc1[C@H](C)N(C)C(=O)c1n[nH]c2ccc([N+](=O)[O-])cc12. The molecule has 0 unspecified atom stereocenters. The smallest absolute Gasteiger partial charge is 0.275 e. The van der Waals surface area contributed by atoms with Crippen LogP contribution in [-0.2, 0) is 0 Å². The van der Waals surface area contributed by atoms with Crippen molar-refractivity contribution in [2.45, 2.75) is 13.0 Å². The molecule has 1 amide bonds. The Bertz CT molecular complexity index is 982. The van der Waals surface area contributed by atoms with E-state index in [1.807, 2.05) is 31.2 Å². The number of H-pyrrole nitrogens is 1. The molecule has 134 valence electrons. The third-order valence-electron chi connectivity index (χ3n) is 4.45. The number of rotatable bonds is 5. The van der Waals surface area contributed by atoms with Crippen molar-refractivity contribution in [3.8, 4) is 5.75 Å². The van der Waals surface area contributed by atoms with Crippen LogP contribution in [0.5, 0.6) is 5.75 Å². The summed E-state index contributed by atoms with van der Waals surface area (Å²) < 4.78 is 5.36. The zero-order valence-electron chi connectivity index (χ0n) is 14.6. The minimum atomic E-state index is -0.498. The number of ether oxygens (including phenoxy) is 1. The summed E-state index contributed by atoms with van der Waals surface area (Å²) in [6.45, 7) is 1.88. The van der Waals surface area contributed by atoms with Crippen LogP contribution in [0.3, 0.4) is 0 Å². The number of nitrogens with one attached hydrogen (secondary N) is 1. The van der Waals surface area contributed by atoms with Gasteiger partial charge in [0.25, 0.3) is 11.6 Å². The van der Waals surface area contributed by atoms with Gasteiger partial charge in [-0.25, -0.2) is 0 Å². The average molecular weight is 354 g/mol. The van der Waals surface area contributed by atoms with Crippen LogP contribution in [0.4, 0.5) is 5.69 Å². The summed E-state index contributed by atoms with van der Waals surface area (Å²) in [6, 6.07) is 11.4. The molecule has 1 N–H and O–H groups in total. The Labute approximate surface area is 149 Å². The molecular formula is C18H18N4O4. The normalized spacial score (nSPS) is 12.0. The molecule has 0 bridgehead atoms. The van der Waals surface area contributed by atoms with E-state index >= 15 is 0 Å². The summed E-state index contributed by atoms with van der Waals surface area (Å²) in [4.78, 5) is 25.0. The average Bonchev–Trinajstić information content (AvgIpc) is 3.09. The third-order valence-corrected chi connectivity index (χ3v) is 4.45. The number of hydrogen-bond donors (Lipinski definition) is 1. The molecule has 0 aliphatic rings. The molecule has 2 aromatic carbocycles. The van der Waals surface area contributed by atoms with Gasteiger partial charge in [-0.1, -0.05) is 18.2 Å². The van der Waals surface area contributed by atoms with Gasteiger partial charge in [-0.3, -0.25) is 20.0 Å². The number of carbonyl (C=O) groups is 1. The van der Waals surface area contributed by atoms with Crippen molar-refractivity contribution >= 4 is 22.5 Å². The van der Waals surface area contributed by atoms with Crippen LogP contribution >= 0.6 is 0 Å². The summed E-state index contributed by atoms with van der Waals surface area (Å²) in [6.07, 6.45) is 0. The highest BCUT2D eigenvalue weighted by Gasteiger charge is 2.25. The van der Waals surface area contributed by atoms with E-state index in [1.165, 1.54) is 17.0 Å². The van der Waals surface area contributed by atoms with E-state index < -0.39 is 4.92 Å². The number of methoxy groups -OCH3 is 1. The number of benzene rings is 2. The highest BCUT2D eigenvalue weighted by atomic mass is 16.6. The molecule has 1 heterocycles. The standard InChI is InChI=1S/C18H18N4O4/c1-11(13-6-4-5-7-16(13)26-3)21(2)18(23)17-14-10-12(22(24)25)8-9-15(14)19-20-17/h4-11H,1-3H3,(H,19,20)/t11-/m0/s1. The van der Waals surface area contributed by atoms with Gasteiger partial charge in [-0.15, -0.1) is 0 Å². The van der Waals surface area contributed by atoms with E-state index in [-0.39, 0.29) is 23.3 Å². The van der Waals surface area contributed by atoms with Crippen LogP contribution in [0.15, 0.2) is 42.5 Å². The third kappa shape index (κ3) is 2.97. The molecule has 0 fully saturated rings. The molecule has 0 aliphatic heterocycles. The fourth-order valence-corrected chi connectivity index (χ4v) is 2.84. The number of aromatic nitrogens is 2. The molecule has 0 radical (unpaired) electrons. The van der Waals surface area contributed by atoms with E-state index in [4.69, 9.17) is 4.74 Å². The first-order valence-corrected chi connectivity index (χ1v) is 7.96. The number of nitrogens with zero attached hydrogens (tertiary/aromatic N) is 3. The Morgan fingerprint density at radius 3 is 2.73 bits per heavy atom. The quantitative estimate of drug-likeness (QED) is 0.559. The summed E-state index contributed by atoms with van der Waals surface area (Å²) in [5.74, 6) is 0.345. The summed E-state index contributed by atoms with van der Waals surface area (Å²) in [5, 5.41) is 18.2. The highest BCUT2D eigenvalue weighted by molar-refractivity contribution is 6.05. The van der Waals surface area contributed by atoms with Crippen molar-refractivity contribution in [3.05, 3.63) is 63.8 Å². The number of fused-ring (bicyclic) bond motifs is 1. The van der Waals surface area contributed by atoms with Crippen LogP contribution in [0.1, 0.15) is 29.0 Å². The fraction of sp³-hybridized carbons (Fsp3) is 0.222. The first-order chi connectivity index (χ1) is 12.4. The minimum absolute atomic E-state index is 0.0895. The number of nitro groups is 1. The lowest BCUT2D eigenvalue weighted by Crippen LogP contribution is -2.30.